The van der Waals surface area contributed by atoms with Crippen LogP contribution in [0.3, 0.4) is 0 Å². The average Bonchev–Trinajstić information content (AvgIpc) is 3.45. The number of carbonyl (C=O) groups excluding carboxylic acids is 2. The Morgan fingerprint density at radius 2 is 1.97 bits per heavy atom. The molecule has 1 aliphatic heterocycles. The molecule has 33 heavy (non-hydrogen) atoms. The number of fused-ring (bicyclic) bond motifs is 1. The van der Waals surface area contributed by atoms with Crippen LogP contribution in [0.2, 0.25) is 0 Å². The van der Waals surface area contributed by atoms with Crippen molar-refractivity contribution in [2.75, 3.05) is 19.6 Å². The molecule has 2 amide bonds. The zero-order chi connectivity index (χ0) is 23.6. The van der Waals surface area contributed by atoms with Crippen LogP contribution in [0, 0.1) is 12.8 Å². The van der Waals surface area contributed by atoms with Crippen molar-refractivity contribution in [1.82, 2.24) is 19.8 Å². The Morgan fingerprint density at radius 1 is 1.21 bits per heavy atom. The minimum absolute atomic E-state index is 0.00206. The van der Waals surface area contributed by atoms with Crippen molar-refractivity contribution in [3.05, 3.63) is 71.5 Å². The SMILES string of the molecule is Cc1ccc(C(CNC(=O)c2cccn3nccc23)(CC(C)C)C(=O)N2CC[C@@H](N)C2)cc1. The van der Waals surface area contributed by atoms with Crippen molar-refractivity contribution < 1.29 is 9.59 Å². The zero-order valence-corrected chi connectivity index (χ0v) is 19.6. The van der Waals surface area contributed by atoms with E-state index >= 15 is 0 Å². The van der Waals surface area contributed by atoms with Gasteiger partial charge in [0.2, 0.25) is 5.91 Å². The second kappa shape index (κ2) is 9.35. The molecule has 7 nitrogen and oxygen atoms in total. The molecule has 0 radical (unpaired) electrons. The van der Waals surface area contributed by atoms with E-state index in [0.29, 0.717) is 25.1 Å². The van der Waals surface area contributed by atoms with Crippen molar-refractivity contribution in [1.29, 1.82) is 0 Å². The van der Waals surface area contributed by atoms with Gasteiger partial charge in [0.25, 0.3) is 5.91 Å². The van der Waals surface area contributed by atoms with Gasteiger partial charge in [-0.25, -0.2) is 4.52 Å². The molecule has 7 heteroatoms. The van der Waals surface area contributed by atoms with Crippen molar-refractivity contribution in [3.63, 3.8) is 0 Å². The quantitative estimate of drug-likeness (QED) is 0.582. The van der Waals surface area contributed by atoms with Gasteiger partial charge in [0.15, 0.2) is 0 Å². The molecular formula is C26H33N5O2. The highest BCUT2D eigenvalue weighted by Crippen LogP contribution is 2.35. The predicted octanol–water partition coefficient (Wildman–Crippen LogP) is 2.92. The zero-order valence-electron chi connectivity index (χ0n) is 19.6. The smallest absolute Gasteiger partial charge is 0.253 e. The van der Waals surface area contributed by atoms with Gasteiger partial charge in [0, 0.05) is 31.9 Å². The summed E-state index contributed by atoms with van der Waals surface area (Å²) in [7, 11) is 0. The average molecular weight is 448 g/mol. The summed E-state index contributed by atoms with van der Waals surface area (Å²) >= 11 is 0. The van der Waals surface area contributed by atoms with E-state index in [1.54, 1.807) is 22.8 Å². The topological polar surface area (TPSA) is 92.7 Å². The van der Waals surface area contributed by atoms with Crippen LogP contribution in [-0.4, -0.2) is 52.0 Å². The van der Waals surface area contributed by atoms with Crippen molar-refractivity contribution >= 4 is 17.3 Å². The van der Waals surface area contributed by atoms with Crippen LogP contribution in [-0.2, 0) is 10.2 Å². The van der Waals surface area contributed by atoms with Crippen molar-refractivity contribution in [3.8, 4) is 0 Å². The van der Waals surface area contributed by atoms with Gasteiger partial charge < -0.3 is 16.0 Å². The molecule has 3 aromatic rings. The van der Waals surface area contributed by atoms with E-state index in [2.05, 4.69) is 24.3 Å². The van der Waals surface area contributed by atoms with Crippen LogP contribution in [0.1, 0.15) is 48.2 Å². The number of nitrogens with zero attached hydrogens (tertiary/aromatic N) is 3. The standard InChI is InChI=1S/C26H33N5O2/c1-18(2)15-26(20-8-6-19(3)7-9-20,25(33)30-14-11-21(27)16-30)17-28-24(32)22-5-4-13-31-23(22)10-12-29-31/h4-10,12-13,18,21H,11,14-17,27H2,1-3H3,(H,28,32)/t21-,26?/m1/s1. The molecule has 0 bridgehead atoms. The third kappa shape index (κ3) is 4.64. The highest BCUT2D eigenvalue weighted by atomic mass is 16.2. The van der Waals surface area contributed by atoms with Crippen LogP contribution in [0.4, 0.5) is 0 Å². The normalized spacial score (nSPS) is 18.0. The van der Waals surface area contributed by atoms with Crippen molar-refractivity contribution in [2.45, 2.75) is 45.1 Å². The van der Waals surface area contributed by atoms with E-state index < -0.39 is 5.41 Å². The Hall–Kier alpha value is -3.19. The third-order valence-corrected chi connectivity index (χ3v) is 6.51. The maximum atomic E-state index is 14.1. The molecule has 1 saturated heterocycles. The second-order valence-corrected chi connectivity index (χ2v) is 9.61. The lowest BCUT2D eigenvalue weighted by molar-refractivity contribution is -0.137. The number of nitrogens with one attached hydrogen (secondary N) is 1. The number of pyridine rings is 1. The lowest BCUT2D eigenvalue weighted by atomic mass is 9.72. The van der Waals surface area contributed by atoms with Crippen molar-refractivity contribution in [2.24, 2.45) is 11.7 Å². The Labute approximate surface area is 195 Å². The van der Waals surface area contributed by atoms with Crippen LogP contribution >= 0.6 is 0 Å². The summed E-state index contributed by atoms with van der Waals surface area (Å²) in [6, 6.07) is 13.5. The summed E-state index contributed by atoms with van der Waals surface area (Å²) in [6.07, 6.45) is 4.90. The summed E-state index contributed by atoms with van der Waals surface area (Å²) < 4.78 is 1.67. The third-order valence-electron chi connectivity index (χ3n) is 6.51. The largest absolute Gasteiger partial charge is 0.351 e. The molecule has 2 aromatic heterocycles. The fourth-order valence-electron chi connectivity index (χ4n) is 4.89. The van der Waals surface area contributed by atoms with Gasteiger partial charge in [-0.05, 0) is 49.4 Å². The van der Waals surface area contributed by atoms with Crippen LogP contribution < -0.4 is 11.1 Å². The fourth-order valence-corrected chi connectivity index (χ4v) is 4.89. The molecule has 1 fully saturated rings. The summed E-state index contributed by atoms with van der Waals surface area (Å²) in [4.78, 5) is 29.2. The van der Waals surface area contributed by atoms with E-state index in [1.165, 1.54) is 0 Å². The highest BCUT2D eigenvalue weighted by Gasteiger charge is 2.45. The van der Waals surface area contributed by atoms with Gasteiger partial charge in [0.05, 0.1) is 22.7 Å². The van der Waals surface area contributed by atoms with E-state index in [0.717, 1.165) is 23.1 Å². The Balaban J connectivity index is 1.70. The number of likely N-dealkylation sites (tertiary alicyclic amines) is 1. The maximum Gasteiger partial charge on any atom is 0.253 e. The molecule has 0 spiro atoms. The van der Waals surface area contributed by atoms with Crippen LogP contribution in [0.15, 0.2) is 54.9 Å². The summed E-state index contributed by atoms with van der Waals surface area (Å²) in [5.74, 6) is 0.0739. The number of nitrogens with two attached hydrogens (primary N) is 1. The number of rotatable bonds is 7. The number of aryl methyl sites for hydroxylation is 1. The minimum atomic E-state index is -0.868. The molecule has 1 unspecified atom stereocenters. The Morgan fingerprint density at radius 3 is 2.64 bits per heavy atom. The lowest BCUT2D eigenvalue weighted by Crippen LogP contribution is -2.53. The van der Waals surface area contributed by atoms with Crippen LogP contribution in [0.5, 0.6) is 0 Å². The van der Waals surface area contributed by atoms with Gasteiger partial charge in [-0.3, -0.25) is 9.59 Å². The summed E-state index contributed by atoms with van der Waals surface area (Å²) in [5, 5.41) is 7.31. The second-order valence-electron chi connectivity index (χ2n) is 9.61. The van der Waals surface area contributed by atoms with Gasteiger partial charge in [0.1, 0.15) is 0 Å². The fraction of sp³-hybridized carbons (Fsp3) is 0.423. The van der Waals surface area contributed by atoms with Gasteiger partial charge in [-0.1, -0.05) is 43.7 Å². The number of amides is 2. The van der Waals surface area contributed by atoms with E-state index in [1.807, 2.05) is 48.4 Å². The molecule has 3 heterocycles. The number of carbonyl (C=O) groups is 2. The molecule has 3 N–H and O–H groups in total. The predicted molar refractivity (Wildman–Crippen MR) is 129 cm³/mol. The van der Waals surface area contributed by atoms with Crippen LogP contribution in [0.25, 0.3) is 5.52 Å². The number of benzene rings is 1. The number of hydrogen-bond donors (Lipinski definition) is 2. The molecule has 174 valence electrons. The Kier molecular flexibility index (Phi) is 6.51. The van der Waals surface area contributed by atoms with E-state index in [-0.39, 0.29) is 30.3 Å². The lowest BCUT2D eigenvalue weighted by Gasteiger charge is -2.38. The first-order valence-electron chi connectivity index (χ1n) is 11.6. The van der Waals surface area contributed by atoms with Gasteiger partial charge in [-0.2, -0.15) is 5.10 Å². The summed E-state index contributed by atoms with van der Waals surface area (Å²) in [5.41, 5.74) is 8.59. The molecule has 1 aromatic carbocycles. The summed E-state index contributed by atoms with van der Waals surface area (Å²) in [6.45, 7) is 7.67. The van der Waals surface area contributed by atoms with Gasteiger partial charge >= 0.3 is 0 Å². The molecule has 1 aliphatic rings. The van der Waals surface area contributed by atoms with E-state index in [4.69, 9.17) is 5.73 Å². The monoisotopic (exact) mass is 447 g/mol. The number of hydrogen-bond acceptors (Lipinski definition) is 4. The molecule has 2 atom stereocenters. The first-order chi connectivity index (χ1) is 15.8. The van der Waals surface area contributed by atoms with E-state index in [9.17, 15) is 9.59 Å². The molecular weight excluding hydrogens is 414 g/mol. The number of aromatic nitrogens is 2. The maximum absolute atomic E-state index is 14.1. The highest BCUT2D eigenvalue weighted by molar-refractivity contribution is 6.01. The van der Waals surface area contributed by atoms with Gasteiger partial charge in [-0.15, -0.1) is 0 Å². The minimum Gasteiger partial charge on any atom is -0.351 e. The molecule has 4 rings (SSSR count). The first-order valence-corrected chi connectivity index (χ1v) is 11.6. The molecule has 0 aliphatic carbocycles. The molecule has 0 saturated carbocycles. The first kappa shape index (κ1) is 23.0. The Bertz CT molecular complexity index is 1140.